The molecule has 0 heterocycles. The van der Waals surface area contributed by atoms with E-state index in [1.807, 2.05) is 36.4 Å². The van der Waals surface area contributed by atoms with Crippen molar-refractivity contribution in [2.75, 3.05) is 5.73 Å². The minimum atomic E-state index is -0.296. The third-order valence-electron chi connectivity index (χ3n) is 3.71. The average molecular weight is 255 g/mol. The number of nitrogens with two attached hydrogens (primary N) is 1. The van der Waals surface area contributed by atoms with Crippen LogP contribution in [0.15, 0.2) is 36.4 Å². The number of hydrogen-bond donors (Lipinski definition) is 1. The van der Waals surface area contributed by atoms with E-state index in [4.69, 9.17) is 10.5 Å². The quantitative estimate of drug-likeness (QED) is 0.659. The fraction of sp³-hybridized carbons (Fsp3) is 0.312. The lowest BCUT2D eigenvalue weighted by atomic mass is 10.1. The van der Waals surface area contributed by atoms with Crippen LogP contribution in [0.5, 0.6) is 0 Å². The predicted molar refractivity (Wildman–Crippen MR) is 76.0 cm³/mol. The molecule has 1 saturated carbocycles. The molecule has 1 fully saturated rings. The number of fused-ring (bicyclic) bond motifs is 1. The van der Waals surface area contributed by atoms with Crippen LogP contribution in [0.2, 0.25) is 0 Å². The Hall–Kier alpha value is -2.03. The molecule has 0 bridgehead atoms. The predicted octanol–water partition coefficient (Wildman–Crippen LogP) is 3.52. The van der Waals surface area contributed by atoms with Crippen molar-refractivity contribution in [1.29, 1.82) is 0 Å². The lowest BCUT2D eigenvalue weighted by molar-refractivity contribution is 0.0319. The molecule has 0 amide bonds. The van der Waals surface area contributed by atoms with Gasteiger partial charge in [-0.25, -0.2) is 4.79 Å². The van der Waals surface area contributed by atoms with Crippen LogP contribution in [-0.4, -0.2) is 12.1 Å². The summed E-state index contributed by atoms with van der Waals surface area (Å²) < 4.78 is 5.51. The second-order valence-electron chi connectivity index (χ2n) is 5.10. The molecule has 2 aromatic carbocycles. The first kappa shape index (κ1) is 12.0. The Balaban J connectivity index is 1.90. The zero-order valence-electron chi connectivity index (χ0n) is 10.8. The van der Waals surface area contributed by atoms with Gasteiger partial charge in [0, 0.05) is 5.69 Å². The molecule has 2 N–H and O–H groups in total. The van der Waals surface area contributed by atoms with Gasteiger partial charge in [-0.1, -0.05) is 24.3 Å². The molecule has 19 heavy (non-hydrogen) atoms. The van der Waals surface area contributed by atoms with Gasteiger partial charge in [0.1, 0.15) is 6.10 Å². The smallest absolute Gasteiger partial charge is 0.340 e. The molecular weight excluding hydrogens is 238 g/mol. The number of benzene rings is 2. The monoisotopic (exact) mass is 255 g/mol. The molecule has 0 atom stereocenters. The zero-order valence-corrected chi connectivity index (χ0v) is 10.8. The number of carbonyl (C=O) groups is 1. The van der Waals surface area contributed by atoms with Crippen LogP contribution in [0.1, 0.15) is 36.0 Å². The van der Waals surface area contributed by atoms with E-state index >= 15 is 0 Å². The average Bonchev–Trinajstić information content (AvgIpc) is 2.90. The van der Waals surface area contributed by atoms with E-state index in [1.54, 1.807) is 0 Å². The third-order valence-corrected chi connectivity index (χ3v) is 3.71. The van der Waals surface area contributed by atoms with Gasteiger partial charge in [0.05, 0.1) is 5.56 Å². The summed E-state index contributed by atoms with van der Waals surface area (Å²) in [4.78, 5) is 12.2. The molecule has 1 aliphatic rings. The Morgan fingerprint density at radius 3 is 2.42 bits per heavy atom. The van der Waals surface area contributed by atoms with Crippen LogP contribution in [-0.2, 0) is 4.74 Å². The fourth-order valence-corrected chi connectivity index (χ4v) is 2.66. The zero-order chi connectivity index (χ0) is 13.2. The number of hydrogen-bond acceptors (Lipinski definition) is 3. The second-order valence-corrected chi connectivity index (χ2v) is 5.10. The highest BCUT2D eigenvalue weighted by Crippen LogP contribution is 2.26. The van der Waals surface area contributed by atoms with Crippen LogP contribution in [0, 0.1) is 0 Å². The van der Waals surface area contributed by atoms with Gasteiger partial charge in [-0.15, -0.1) is 0 Å². The molecule has 1 aliphatic carbocycles. The third kappa shape index (κ3) is 2.41. The molecule has 0 aliphatic heterocycles. The highest BCUT2D eigenvalue weighted by molar-refractivity contribution is 6.01. The van der Waals surface area contributed by atoms with Gasteiger partial charge in [0.15, 0.2) is 0 Å². The maximum atomic E-state index is 12.2. The Morgan fingerprint density at radius 1 is 1.11 bits per heavy atom. The minimum Gasteiger partial charge on any atom is -0.459 e. The number of esters is 1. The van der Waals surface area contributed by atoms with Crippen LogP contribution >= 0.6 is 0 Å². The van der Waals surface area contributed by atoms with E-state index in [1.165, 1.54) is 0 Å². The van der Waals surface area contributed by atoms with E-state index in [0.717, 1.165) is 36.5 Å². The Labute approximate surface area is 112 Å². The second kappa shape index (κ2) is 4.92. The first-order valence-electron chi connectivity index (χ1n) is 6.73. The minimum absolute atomic E-state index is 0.0679. The molecule has 2 aromatic rings. The summed E-state index contributed by atoms with van der Waals surface area (Å²) in [6.07, 6.45) is 4.30. The lowest BCUT2D eigenvalue weighted by Gasteiger charge is -2.13. The van der Waals surface area contributed by atoms with Crippen LogP contribution < -0.4 is 5.73 Å². The van der Waals surface area contributed by atoms with Gasteiger partial charge < -0.3 is 10.5 Å². The van der Waals surface area contributed by atoms with Crippen molar-refractivity contribution in [1.82, 2.24) is 0 Å². The SMILES string of the molecule is Nc1cc2ccccc2cc1C(=O)OC1CCCC1. The molecule has 0 radical (unpaired) electrons. The van der Waals surface area contributed by atoms with E-state index in [-0.39, 0.29) is 12.1 Å². The molecule has 3 nitrogen and oxygen atoms in total. The molecule has 0 unspecified atom stereocenters. The van der Waals surface area contributed by atoms with Crippen molar-refractivity contribution in [2.45, 2.75) is 31.8 Å². The van der Waals surface area contributed by atoms with E-state index in [2.05, 4.69) is 0 Å². The normalized spacial score (nSPS) is 15.8. The Bertz CT molecular complexity index is 615. The standard InChI is InChI=1S/C16H17NO2/c17-15-10-12-6-2-1-5-11(12)9-14(15)16(18)19-13-7-3-4-8-13/h1-2,5-6,9-10,13H,3-4,7-8,17H2. The number of ether oxygens (including phenoxy) is 1. The summed E-state index contributed by atoms with van der Waals surface area (Å²) in [5.74, 6) is -0.296. The number of anilines is 1. The van der Waals surface area contributed by atoms with Gasteiger partial charge in [-0.05, 0) is 48.6 Å². The molecule has 0 aromatic heterocycles. The molecule has 0 spiro atoms. The maximum Gasteiger partial charge on any atom is 0.340 e. The summed E-state index contributed by atoms with van der Waals surface area (Å²) in [5.41, 5.74) is 6.93. The highest BCUT2D eigenvalue weighted by atomic mass is 16.5. The van der Waals surface area contributed by atoms with Gasteiger partial charge in [0.25, 0.3) is 0 Å². The number of carbonyl (C=O) groups excluding carboxylic acids is 1. The van der Waals surface area contributed by atoms with Crippen molar-refractivity contribution >= 4 is 22.4 Å². The van der Waals surface area contributed by atoms with Crippen molar-refractivity contribution in [3.05, 3.63) is 42.0 Å². The first-order chi connectivity index (χ1) is 9.24. The topological polar surface area (TPSA) is 52.3 Å². The summed E-state index contributed by atoms with van der Waals surface area (Å²) in [6.45, 7) is 0. The van der Waals surface area contributed by atoms with Crippen LogP contribution in [0.4, 0.5) is 5.69 Å². The van der Waals surface area contributed by atoms with Crippen molar-refractivity contribution in [3.8, 4) is 0 Å². The summed E-state index contributed by atoms with van der Waals surface area (Å²) in [7, 11) is 0. The summed E-state index contributed by atoms with van der Waals surface area (Å²) >= 11 is 0. The van der Waals surface area contributed by atoms with E-state index in [9.17, 15) is 4.79 Å². The highest BCUT2D eigenvalue weighted by Gasteiger charge is 2.21. The van der Waals surface area contributed by atoms with Crippen molar-refractivity contribution in [2.24, 2.45) is 0 Å². The van der Waals surface area contributed by atoms with Gasteiger partial charge >= 0.3 is 5.97 Å². The van der Waals surface area contributed by atoms with Crippen molar-refractivity contribution in [3.63, 3.8) is 0 Å². The van der Waals surface area contributed by atoms with Crippen LogP contribution in [0.25, 0.3) is 10.8 Å². The number of rotatable bonds is 2. The maximum absolute atomic E-state index is 12.2. The van der Waals surface area contributed by atoms with Crippen LogP contribution in [0.3, 0.4) is 0 Å². The van der Waals surface area contributed by atoms with Gasteiger partial charge in [-0.2, -0.15) is 0 Å². The number of nitrogen functional groups attached to an aromatic ring is 1. The fourth-order valence-electron chi connectivity index (χ4n) is 2.66. The van der Waals surface area contributed by atoms with E-state index in [0.29, 0.717) is 11.3 Å². The Morgan fingerprint density at radius 2 is 1.74 bits per heavy atom. The molecule has 0 saturated heterocycles. The van der Waals surface area contributed by atoms with Gasteiger partial charge in [-0.3, -0.25) is 0 Å². The van der Waals surface area contributed by atoms with E-state index < -0.39 is 0 Å². The molecule has 98 valence electrons. The van der Waals surface area contributed by atoms with Gasteiger partial charge in [0.2, 0.25) is 0 Å². The molecule has 3 heteroatoms. The summed E-state index contributed by atoms with van der Waals surface area (Å²) in [6, 6.07) is 11.5. The van der Waals surface area contributed by atoms with Crippen molar-refractivity contribution < 1.29 is 9.53 Å². The molecular formula is C16H17NO2. The first-order valence-corrected chi connectivity index (χ1v) is 6.73. The summed E-state index contributed by atoms with van der Waals surface area (Å²) in [5, 5.41) is 2.05. The lowest BCUT2D eigenvalue weighted by Crippen LogP contribution is -2.16. The molecule has 3 rings (SSSR count). The Kier molecular flexibility index (Phi) is 3.11. The largest absolute Gasteiger partial charge is 0.459 e.